The number of ketones is 1. The molecule has 0 spiro atoms. The first-order valence-corrected chi connectivity index (χ1v) is 11.0. The van der Waals surface area contributed by atoms with Crippen molar-refractivity contribution in [2.24, 2.45) is 0 Å². The molecule has 1 fully saturated rings. The van der Waals surface area contributed by atoms with Gasteiger partial charge in [-0.3, -0.25) is 14.5 Å². The number of halogens is 1. The summed E-state index contributed by atoms with van der Waals surface area (Å²) >= 11 is 6.38. The summed E-state index contributed by atoms with van der Waals surface area (Å²) in [5.41, 5.74) is 2.99. The van der Waals surface area contributed by atoms with Gasteiger partial charge in [0.1, 0.15) is 17.3 Å². The highest BCUT2D eigenvalue weighted by atomic mass is 35.5. The van der Waals surface area contributed by atoms with Gasteiger partial charge in [0, 0.05) is 16.8 Å². The molecule has 6 nitrogen and oxygen atoms in total. The molecule has 0 saturated carbocycles. The Morgan fingerprint density at radius 2 is 1.71 bits per heavy atom. The number of hydrogen-bond donors (Lipinski definition) is 1. The van der Waals surface area contributed by atoms with Crippen molar-refractivity contribution in [1.82, 2.24) is 0 Å². The number of amides is 1. The van der Waals surface area contributed by atoms with Crippen molar-refractivity contribution in [3.63, 3.8) is 0 Å². The van der Waals surface area contributed by atoms with Gasteiger partial charge in [-0.05, 0) is 55.3 Å². The number of benzene rings is 3. The Hall–Kier alpha value is -3.77. The Morgan fingerprint density at radius 1 is 0.971 bits per heavy atom. The van der Waals surface area contributed by atoms with Crippen molar-refractivity contribution in [2.45, 2.75) is 19.9 Å². The third-order valence-corrected chi connectivity index (χ3v) is 6.26. The van der Waals surface area contributed by atoms with Crippen molar-refractivity contribution in [3.05, 3.63) is 93.5 Å². The Kier molecular flexibility index (Phi) is 6.35. The zero-order valence-corrected chi connectivity index (χ0v) is 20.0. The van der Waals surface area contributed by atoms with E-state index >= 15 is 0 Å². The van der Waals surface area contributed by atoms with Crippen LogP contribution >= 0.6 is 11.6 Å². The van der Waals surface area contributed by atoms with Crippen molar-refractivity contribution in [3.8, 4) is 11.5 Å². The first-order chi connectivity index (χ1) is 16.3. The molecule has 1 saturated heterocycles. The molecule has 0 radical (unpaired) electrons. The number of para-hydroxylation sites is 1. The first kappa shape index (κ1) is 23.4. The number of rotatable bonds is 5. The molecule has 0 aromatic heterocycles. The van der Waals surface area contributed by atoms with Crippen LogP contribution < -0.4 is 14.4 Å². The number of methoxy groups -OCH3 is 2. The van der Waals surface area contributed by atoms with Gasteiger partial charge < -0.3 is 14.6 Å². The van der Waals surface area contributed by atoms with Crippen LogP contribution in [0.1, 0.15) is 28.3 Å². The highest BCUT2D eigenvalue weighted by molar-refractivity contribution is 6.52. The van der Waals surface area contributed by atoms with E-state index in [1.807, 2.05) is 32.0 Å². The minimum Gasteiger partial charge on any atom is -0.507 e. The van der Waals surface area contributed by atoms with Gasteiger partial charge in [0.15, 0.2) is 0 Å². The molecule has 7 heteroatoms. The normalized spacial score (nSPS) is 17.2. The number of anilines is 1. The van der Waals surface area contributed by atoms with E-state index in [0.717, 1.165) is 11.1 Å². The summed E-state index contributed by atoms with van der Waals surface area (Å²) < 4.78 is 10.8. The Labute approximate surface area is 203 Å². The van der Waals surface area contributed by atoms with Gasteiger partial charge in [-0.25, -0.2) is 0 Å². The molecule has 1 N–H and O–H groups in total. The molecule has 34 heavy (non-hydrogen) atoms. The summed E-state index contributed by atoms with van der Waals surface area (Å²) in [6, 6.07) is 16.6. The van der Waals surface area contributed by atoms with Gasteiger partial charge in [-0.15, -0.1) is 0 Å². The van der Waals surface area contributed by atoms with Gasteiger partial charge in [-0.2, -0.15) is 0 Å². The van der Waals surface area contributed by atoms with E-state index in [0.29, 0.717) is 22.7 Å². The number of carbonyl (C=O) groups excluding carboxylic acids is 2. The topological polar surface area (TPSA) is 76.1 Å². The average Bonchev–Trinajstić information content (AvgIpc) is 3.10. The minimum atomic E-state index is -0.932. The van der Waals surface area contributed by atoms with Crippen LogP contribution in [0.15, 0.2) is 66.2 Å². The lowest BCUT2D eigenvalue weighted by atomic mass is 9.94. The molecule has 3 aromatic rings. The summed E-state index contributed by atoms with van der Waals surface area (Å²) in [6.07, 6.45) is 0. The number of Topliss-reactive ketones (excluding diaryl/α,β-unsaturated/α-hetero) is 1. The van der Waals surface area contributed by atoms with Crippen LogP contribution in [0, 0.1) is 13.8 Å². The van der Waals surface area contributed by atoms with E-state index in [9.17, 15) is 14.7 Å². The Balaban J connectivity index is 2.05. The van der Waals surface area contributed by atoms with Crippen molar-refractivity contribution < 1.29 is 24.2 Å². The van der Waals surface area contributed by atoms with E-state index < -0.39 is 17.7 Å². The molecular formula is C27H24ClNO5. The number of aryl methyl sites for hydroxylation is 2. The van der Waals surface area contributed by atoms with Crippen LogP contribution in [0.3, 0.4) is 0 Å². The lowest BCUT2D eigenvalue weighted by molar-refractivity contribution is -0.132. The van der Waals surface area contributed by atoms with Crippen molar-refractivity contribution >= 4 is 34.7 Å². The first-order valence-electron chi connectivity index (χ1n) is 10.6. The van der Waals surface area contributed by atoms with Crippen LogP contribution in [0.5, 0.6) is 11.5 Å². The quantitative estimate of drug-likeness (QED) is 0.294. The largest absolute Gasteiger partial charge is 0.507 e. The van der Waals surface area contributed by atoms with Crippen molar-refractivity contribution in [1.29, 1.82) is 0 Å². The predicted octanol–water partition coefficient (Wildman–Crippen LogP) is 5.60. The van der Waals surface area contributed by atoms with E-state index in [-0.39, 0.29) is 21.9 Å². The number of hydrogen-bond acceptors (Lipinski definition) is 5. The molecule has 0 aliphatic carbocycles. The highest BCUT2D eigenvalue weighted by Gasteiger charge is 2.48. The zero-order chi connectivity index (χ0) is 24.6. The summed E-state index contributed by atoms with van der Waals surface area (Å²) in [5, 5.41) is 11.6. The van der Waals surface area contributed by atoms with E-state index in [1.54, 1.807) is 36.4 Å². The van der Waals surface area contributed by atoms with Crippen LogP contribution in [0.25, 0.3) is 5.76 Å². The third-order valence-electron chi connectivity index (χ3n) is 5.93. The lowest BCUT2D eigenvalue weighted by Gasteiger charge is -2.28. The van der Waals surface area contributed by atoms with Crippen LogP contribution in [-0.4, -0.2) is 31.0 Å². The summed E-state index contributed by atoms with van der Waals surface area (Å²) in [5.74, 6) is -1.01. The molecule has 1 aliphatic heterocycles. The van der Waals surface area contributed by atoms with Crippen molar-refractivity contribution in [2.75, 3.05) is 19.1 Å². The molecule has 1 aliphatic rings. The molecule has 1 amide bonds. The second kappa shape index (κ2) is 9.23. The number of aliphatic hydroxyl groups is 1. The summed E-state index contributed by atoms with van der Waals surface area (Å²) in [4.78, 5) is 28.3. The van der Waals surface area contributed by atoms with Gasteiger partial charge in [0.25, 0.3) is 11.7 Å². The number of nitrogens with zero attached hydrogens (tertiary/aromatic N) is 1. The van der Waals surface area contributed by atoms with E-state index in [4.69, 9.17) is 21.1 Å². The maximum Gasteiger partial charge on any atom is 0.300 e. The van der Waals surface area contributed by atoms with Crippen LogP contribution in [0.4, 0.5) is 5.69 Å². The molecule has 174 valence electrons. The second-order valence-electron chi connectivity index (χ2n) is 8.05. The van der Waals surface area contributed by atoms with E-state index in [1.165, 1.54) is 25.2 Å². The van der Waals surface area contributed by atoms with Gasteiger partial charge in [0.2, 0.25) is 0 Å². The number of ether oxygens (including phenoxy) is 2. The molecule has 3 aromatic carbocycles. The van der Waals surface area contributed by atoms with Gasteiger partial charge in [0.05, 0.1) is 30.9 Å². The fraction of sp³-hybridized carbons (Fsp3) is 0.185. The molecule has 1 unspecified atom stereocenters. The molecular weight excluding hydrogens is 454 g/mol. The summed E-state index contributed by atoms with van der Waals surface area (Å²) in [6.45, 7) is 3.78. The maximum atomic E-state index is 13.4. The third kappa shape index (κ3) is 3.90. The Bertz CT molecular complexity index is 1330. The molecule has 0 bridgehead atoms. The van der Waals surface area contributed by atoms with Crippen LogP contribution in [-0.2, 0) is 9.59 Å². The molecule has 1 atom stereocenters. The van der Waals surface area contributed by atoms with Crippen LogP contribution in [0.2, 0.25) is 5.02 Å². The molecule has 4 rings (SSSR count). The standard InChI is InChI=1S/C27H24ClNO5/c1-15-9-10-16(2)21(13-15)29-24(18-7-5-6-8-22(18)34-4)23(26(31)27(29)32)25(30)19-14-17(33-3)11-12-20(19)28/h5-14,24,30H,1-4H3/b25-23+. The SMILES string of the molecule is COc1ccc(Cl)c(/C(O)=C2\C(=O)C(=O)N(c3cc(C)ccc3C)C2c2ccccc2OC)c1. The number of carbonyl (C=O) groups is 2. The maximum absolute atomic E-state index is 13.4. The Morgan fingerprint density at radius 3 is 2.41 bits per heavy atom. The summed E-state index contributed by atoms with van der Waals surface area (Å²) in [7, 11) is 3.00. The highest BCUT2D eigenvalue weighted by Crippen LogP contribution is 2.46. The smallest absolute Gasteiger partial charge is 0.300 e. The fourth-order valence-corrected chi connectivity index (χ4v) is 4.41. The monoisotopic (exact) mass is 477 g/mol. The fourth-order valence-electron chi connectivity index (χ4n) is 4.20. The number of aliphatic hydroxyl groups excluding tert-OH is 1. The van der Waals surface area contributed by atoms with Gasteiger partial charge in [-0.1, -0.05) is 41.9 Å². The van der Waals surface area contributed by atoms with Gasteiger partial charge >= 0.3 is 0 Å². The predicted molar refractivity (Wildman–Crippen MR) is 132 cm³/mol. The second-order valence-corrected chi connectivity index (χ2v) is 8.45. The van der Waals surface area contributed by atoms with E-state index in [2.05, 4.69) is 0 Å². The average molecular weight is 478 g/mol. The molecule has 1 heterocycles. The lowest BCUT2D eigenvalue weighted by Crippen LogP contribution is -2.30. The zero-order valence-electron chi connectivity index (χ0n) is 19.3. The minimum absolute atomic E-state index is 0.0782.